The molecule has 1 heterocycles. The summed E-state index contributed by atoms with van der Waals surface area (Å²) in [6.45, 7) is 3.26. The Morgan fingerprint density at radius 2 is 1.86 bits per heavy atom. The second kappa shape index (κ2) is 5.79. The van der Waals surface area contributed by atoms with Gasteiger partial charge in [0.1, 0.15) is 0 Å². The smallest absolute Gasteiger partial charge is 0.274 e. The third kappa shape index (κ3) is 2.94. The van der Waals surface area contributed by atoms with Crippen LogP contribution in [0, 0.1) is 6.92 Å². The Labute approximate surface area is 123 Å². The van der Waals surface area contributed by atoms with Crippen molar-refractivity contribution in [2.45, 2.75) is 13.5 Å². The standard InChI is InChI=1S/C17H17N3O/c1-13-6-8-15(9-7-13)18-10-11-20-17(21)16-5-3-2-4-14(16)12-19-20/h2-9,12,18H,10-11H2,1H3. The molecule has 0 atom stereocenters. The Bertz CT molecular complexity index is 806. The highest BCUT2D eigenvalue weighted by Gasteiger charge is 2.02. The minimum absolute atomic E-state index is 0.0428. The topological polar surface area (TPSA) is 46.9 Å². The average Bonchev–Trinajstić information content (AvgIpc) is 2.52. The largest absolute Gasteiger partial charge is 0.383 e. The third-order valence-corrected chi connectivity index (χ3v) is 3.47. The van der Waals surface area contributed by atoms with Gasteiger partial charge < -0.3 is 5.32 Å². The first-order chi connectivity index (χ1) is 10.2. The molecular weight excluding hydrogens is 262 g/mol. The van der Waals surface area contributed by atoms with Crippen LogP contribution in [0.15, 0.2) is 59.5 Å². The van der Waals surface area contributed by atoms with Crippen LogP contribution in [0.5, 0.6) is 0 Å². The fourth-order valence-electron chi connectivity index (χ4n) is 2.26. The minimum Gasteiger partial charge on any atom is -0.383 e. The van der Waals surface area contributed by atoms with Crippen LogP contribution in [0.1, 0.15) is 5.56 Å². The number of anilines is 1. The van der Waals surface area contributed by atoms with Gasteiger partial charge >= 0.3 is 0 Å². The van der Waals surface area contributed by atoms with Crippen LogP contribution in [0.3, 0.4) is 0 Å². The summed E-state index contributed by atoms with van der Waals surface area (Å²) < 4.78 is 1.50. The molecule has 2 aromatic carbocycles. The lowest BCUT2D eigenvalue weighted by Crippen LogP contribution is -2.26. The van der Waals surface area contributed by atoms with Gasteiger partial charge in [-0.3, -0.25) is 4.79 Å². The highest BCUT2D eigenvalue weighted by molar-refractivity contribution is 5.80. The first kappa shape index (κ1) is 13.4. The van der Waals surface area contributed by atoms with Crippen molar-refractivity contribution in [3.05, 3.63) is 70.6 Å². The average molecular weight is 279 g/mol. The molecule has 3 rings (SSSR count). The number of aromatic nitrogens is 2. The molecular formula is C17H17N3O. The first-order valence-electron chi connectivity index (χ1n) is 6.99. The third-order valence-electron chi connectivity index (χ3n) is 3.47. The summed E-state index contributed by atoms with van der Waals surface area (Å²) in [5.41, 5.74) is 2.24. The zero-order valence-corrected chi connectivity index (χ0v) is 11.9. The van der Waals surface area contributed by atoms with Crippen molar-refractivity contribution in [3.63, 3.8) is 0 Å². The summed E-state index contributed by atoms with van der Waals surface area (Å²) in [4.78, 5) is 12.3. The molecule has 0 aliphatic carbocycles. The van der Waals surface area contributed by atoms with Gasteiger partial charge in [0.05, 0.1) is 18.1 Å². The van der Waals surface area contributed by atoms with Gasteiger partial charge in [-0.15, -0.1) is 0 Å². The number of hydrogen-bond donors (Lipinski definition) is 1. The van der Waals surface area contributed by atoms with Gasteiger partial charge in [0.2, 0.25) is 0 Å². The molecule has 1 N–H and O–H groups in total. The summed E-state index contributed by atoms with van der Waals surface area (Å²) in [5, 5.41) is 9.10. The molecule has 3 aromatic rings. The first-order valence-corrected chi connectivity index (χ1v) is 6.99. The second-order valence-corrected chi connectivity index (χ2v) is 5.05. The molecule has 0 unspecified atom stereocenters. The van der Waals surface area contributed by atoms with Gasteiger partial charge in [-0.1, -0.05) is 35.9 Å². The minimum atomic E-state index is -0.0428. The number of nitrogens with one attached hydrogen (secondary N) is 1. The van der Waals surface area contributed by atoms with Gasteiger partial charge in [-0.2, -0.15) is 5.10 Å². The molecule has 0 aliphatic rings. The van der Waals surface area contributed by atoms with E-state index in [0.717, 1.165) is 11.1 Å². The Balaban J connectivity index is 1.72. The SMILES string of the molecule is Cc1ccc(NCCn2ncc3ccccc3c2=O)cc1. The number of benzene rings is 2. The molecule has 0 aliphatic heterocycles. The van der Waals surface area contributed by atoms with Gasteiger partial charge in [0, 0.05) is 17.6 Å². The van der Waals surface area contributed by atoms with Crippen LogP contribution in [-0.4, -0.2) is 16.3 Å². The number of hydrogen-bond acceptors (Lipinski definition) is 3. The highest BCUT2D eigenvalue weighted by Crippen LogP contribution is 2.08. The van der Waals surface area contributed by atoms with Crippen molar-refractivity contribution < 1.29 is 0 Å². The lowest BCUT2D eigenvalue weighted by Gasteiger charge is -2.08. The molecule has 0 spiro atoms. The van der Waals surface area contributed by atoms with Crippen LogP contribution in [0.2, 0.25) is 0 Å². The zero-order chi connectivity index (χ0) is 14.7. The van der Waals surface area contributed by atoms with Gasteiger partial charge in [-0.25, -0.2) is 4.68 Å². The Kier molecular flexibility index (Phi) is 3.69. The monoisotopic (exact) mass is 279 g/mol. The molecule has 1 aromatic heterocycles. The molecule has 106 valence electrons. The Hall–Kier alpha value is -2.62. The van der Waals surface area contributed by atoms with Crippen LogP contribution >= 0.6 is 0 Å². The van der Waals surface area contributed by atoms with Gasteiger partial charge in [-0.05, 0) is 25.1 Å². The number of fused-ring (bicyclic) bond motifs is 1. The van der Waals surface area contributed by atoms with E-state index in [2.05, 4.69) is 29.5 Å². The number of rotatable bonds is 4. The molecule has 4 nitrogen and oxygen atoms in total. The molecule has 0 saturated heterocycles. The lowest BCUT2D eigenvalue weighted by molar-refractivity contribution is 0.604. The fraction of sp³-hybridized carbons (Fsp3) is 0.176. The van der Waals surface area contributed by atoms with Gasteiger partial charge in [0.15, 0.2) is 0 Å². The quantitative estimate of drug-likeness (QED) is 0.799. The maximum atomic E-state index is 12.3. The van der Waals surface area contributed by atoms with Crippen molar-refractivity contribution >= 4 is 16.5 Å². The molecule has 21 heavy (non-hydrogen) atoms. The van der Waals surface area contributed by atoms with Gasteiger partial charge in [0.25, 0.3) is 5.56 Å². The summed E-state index contributed by atoms with van der Waals surface area (Å²) in [6.07, 6.45) is 1.74. The van der Waals surface area contributed by atoms with Crippen LogP contribution < -0.4 is 10.9 Å². The Morgan fingerprint density at radius 1 is 1.10 bits per heavy atom. The van der Waals surface area contributed by atoms with E-state index in [0.29, 0.717) is 18.5 Å². The summed E-state index contributed by atoms with van der Waals surface area (Å²) in [5.74, 6) is 0. The van der Waals surface area contributed by atoms with E-state index in [4.69, 9.17) is 0 Å². The fourth-order valence-corrected chi connectivity index (χ4v) is 2.26. The van der Waals surface area contributed by atoms with Crippen LogP contribution in [-0.2, 0) is 6.54 Å². The Morgan fingerprint density at radius 3 is 2.67 bits per heavy atom. The van der Waals surface area contributed by atoms with Crippen LogP contribution in [0.4, 0.5) is 5.69 Å². The molecule has 0 radical (unpaired) electrons. The molecule has 0 bridgehead atoms. The number of aryl methyl sites for hydroxylation is 1. The van der Waals surface area contributed by atoms with E-state index < -0.39 is 0 Å². The summed E-state index contributed by atoms with van der Waals surface area (Å²) >= 11 is 0. The van der Waals surface area contributed by atoms with E-state index in [1.54, 1.807) is 6.20 Å². The predicted molar refractivity (Wildman–Crippen MR) is 85.7 cm³/mol. The van der Waals surface area contributed by atoms with E-state index in [9.17, 15) is 4.79 Å². The molecule has 4 heteroatoms. The van der Waals surface area contributed by atoms with Crippen molar-refractivity contribution in [1.29, 1.82) is 0 Å². The van der Waals surface area contributed by atoms with E-state index in [1.807, 2.05) is 36.4 Å². The van der Waals surface area contributed by atoms with E-state index in [1.165, 1.54) is 10.2 Å². The van der Waals surface area contributed by atoms with E-state index in [-0.39, 0.29) is 5.56 Å². The van der Waals surface area contributed by atoms with Crippen molar-refractivity contribution in [3.8, 4) is 0 Å². The normalized spacial score (nSPS) is 10.7. The highest BCUT2D eigenvalue weighted by atomic mass is 16.1. The second-order valence-electron chi connectivity index (χ2n) is 5.05. The summed E-state index contributed by atoms with van der Waals surface area (Å²) in [7, 11) is 0. The van der Waals surface area contributed by atoms with Crippen LogP contribution in [0.25, 0.3) is 10.8 Å². The van der Waals surface area contributed by atoms with Crippen molar-refractivity contribution in [2.24, 2.45) is 0 Å². The molecule has 0 saturated carbocycles. The van der Waals surface area contributed by atoms with Crippen molar-refractivity contribution in [1.82, 2.24) is 9.78 Å². The lowest BCUT2D eigenvalue weighted by atomic mass is 10.2. The maximum absolute atomic E-state index is 12.3. The molecule has 0 amide bonds. The summed E-state index contributed by atoms with van der Waals surface area (Å²) in [6, 6.07) is 15.7. The predicted octanol–water partition coefficient (Wildman–Crippen LogP) is 2.82. The van der Waals surface area contributed by atoms with E-state index >= 15 is 0 Å². The van der Waals surface area contributed by atoms with Crippen molar-refractivity contribution in [2.75, 3.05) is 11.9 Å². The molecule has 0 fully saturated rings. The zero-order valence-electron chi connectivity index (χ0n) is 11.9. The maximum Gasteiger partial charge on any atom is 0.274 e. The number of nitrogens with zero attached hydrogens (tertiary/aromatic N) is 2.